The van der Waals surface area contributed by atoms with Crippen LogP contribution in [0.15, 0.2) is 28.7 Å². The molecule has 6 heteroatoms. The van der Waals surface area contributed by atoms with E-state index < -0.39 is 0 Å². The van der Waals surface area contributed by atoms with Crippen LogP contribution in [0, 0.1) is 0 Å². The van der Waals surface area contributed by atoms with Crippen LogP contribution in [0.1, 0.15) is 48.0 Å². The van der Waals surface area contributed by atoms with E-state index in [1.165, 1.54) is 11.3 Å². The molecule has 0 radical (unpaired) electrons. The van der Waals surface area contributed by atoms with Crippen LogP contribution >= 0.6 is 27.3 Å². The first-order valence-corrected chi connectivity index (χ1v) is 8.15. The zero-order chi connectivity index (χ0) is 14.5. The quantitative estimate of drug-likeness (QED) is 0.863. The van der Waals surface area contributed by atoms with Gasteiger partial charge in [0.2, 0.25) is 5.13 Å². The second-order valence-electron chi connectivity index (χ2n) is 4.42. The Kier molecular flexibility index (Phi) is 5.25. The van der Waals surface area contributed by atoms with E-state index in [-0.39, 0.29) is 5.91 Å². The Morgan fingerprint density at radius 3 is 2.50 bits per heavy atom. The van der Waals surface area contributed by atoms with Crippen LogP contribution in [0.25, 0.3) is 0 Å². The van der Waals surface area contributed by atoms with E-state index in [1.807, 2.05) is 12.1 Å². The molecule has 0 aliphatic heterocycles. The first-order valence-electron chi connectivity index (χ1n) is 6.54. The number of carbonyl (C=O) groups is 1. The molecule has 20 heavy (non-hydrogen) atoms. The molecule has 1 heterocycles. The van der Waals surface area contributed by atoms with E-state index in [9.17, 15) is 4.79 Å². The third kappa shape index (κ3) is 3.64. The fourth-order valence-corrected chi connectivity index (χ4v) is 3.13. The number of hydrogen-bond acceptors (Lipinski definition) is 4. The zero-order valence-corrected chi connectivity index (χ0v) is 13.8. The lowest BCUT2D eigenvalue weighted by molar-refractivity contribution is 0.102. The highest BCUT2D eigenvalue weighted by Gasteiger charge is 2.15. The summed E-state index contributed by atoms with van der Waals surface area (Å²) in [6.07, 6.45) is 2.07. The molecule has 0 saturated heterocycles. The molecular formula is C14H16BrN3OS. The topological polar surface area (TPSA) is 54.9 Å². The van der Waals surface area contributed by atoms with Gasteiger partial charge in [-0.3, -0.25) is 10.1 Å². The van der Waals surface area contributed by atoms with Crippen molar-refractivity contribution in [3.05, 3.63) is 39.3 Å². The lowest BCUT2D eigenvalue weighted by Gasteiger charge is -2.05. The largest absolute Gasteiger partial charge is 0.296 e. The van der Waals surface area contributed by atoms with Gasteiger partial charge in [0.25, 0.3) is 5.91 Å². The minimum atomic E-state index is -0.162. The maximum atomic E-state index is 12.1. The van der Waals surface area contributed by atoms with Crippen molar-refractivity contribution in [2.45, 2.75) is 32.6 Å². The van der Waals surface area contributed by atoms with Crippen molar-refractivity contribution in [1.29, 1.82) is 0 Å². The second kappa shape index (κ2) is 6.95. The minimum Gasteiger partial charge on any atom is -0.296 e. The van der Waals surface area contributed by atoms with Crippen molar-refractivity contribution >= 4 is 38.3 Å². The number of halogens is 1. The Balaban J connectivity index is 2.06. The Bertz CT molecular complexity index is 578. The Morgan fingerprint density at radius 1 is 1.25 bits per heavy atom. The molecule has 0 atom stereocenters. The standard InChI is InChI=1S/C14H16BrN3OS/c1-3-9(4-2)13-17-18-14(20-13)16-12(19)10-5-7-11(15)8-6-10/h5-9H,3-4H2,1-2H3,(H,16,18,19). The first kappa shape index (κ1) is 15.1. The van der Waals surface area contributed by atoms with Gasteiger partial charge >= 0.3 is 0 Å². The predicted molar refractivity (Wildman–Crippen MR) is 85.3 cm³/mol. The average molecular weight is 354 g/mol. The fourth-order valence-electron chi connectivity index (χ4n) is 1.86. The number of hydrogen-bond donors (Lipinski definition) is 1. The van der Waals surface area contributed by atoms with Crippen LogP contribution in [0.2, 0.25) is 0 Å². The van der Waals surface area contributed by atoms with Crippen LogP contribution in [0.3, 0.4) is 0 Å². The van der Waals surface area contributed by atoms with Crippen LogP contribution in [0.5, 0.6) is 0 Å². The molecule has 1 N–H and O–H groups in total. The lowest BCUT2D eigenvalue weighted by Crippen LogP contribution is -2.11. The van der Waals surface area contributed by atoms with Gasteiger partial charge in [-0.05, 0) is 37.1 Å². The van der Waals surface area contributed by atoms with Gasteiger partial charge in [0.15, 0.2) is 0 Å². The number of anilines is 1. The van der Waals surface area contributed by atoms with Gasteiger partial charge < -0.3 is 0 Å². The molecule has 1 aromatic carbocycles. The van der Waals surface area contributed by atoms with Crippen molar-refractivity contribution in [1.82, 2.24) is 10.2 Å². The van der Waals surface area contributed by atoms with Crippen molar-refractivity contribution in [3.8, 4) is 0 Å². The van der Waals surface area contributed by atoms with Crippen molar-refractivity contribution < 1.29 is 4.79 Å². The summed E-state index contributed by atoms with van der Waals surface area (Å²) in [6.45, 7) is 4.27. The smallest absolute Gasteiger partial charge is 0.257 e. The highest BCUT2D eigenvalue weighted by molar-refractivity contribution is 9.10. The van der Waals surface area contributed by atoms with E-state index in [2.05, 4.69) is 45.3 Å². The molecule has 4 nitrogen and oxygen atoms in total. The zero-order valence-electron chi connectivity index (χ0n) is 11.4. The highest BCUT2D eigenvalue weighted by Crippen LogP contribution is 2.28. The molecule has 0 aliphatic rings. The number of nitrogens with zero attached hydrogens (tertiary/aromatic N) is 2. The number of rotatable bonds is 5. The maximum Gasteiger partial charge on any atom is 0.257 e. The van der Waals surface area contributed by atoms with E-state index in [4.69, 9.17) is 0 Å². The molecule has 106 valence electrons. The van der Waals surface area contributed by atoms with Gasteiger partial charge in [-0.25, -0.2) is 0 Å². The summed E-state index contributed by atoms with van der Waals surface area (Å²) in [6, 6.07) is 7.21. The van der Waals surface area contributed by atoms with Gasteiger partial charge in [0.05, 0.1) is 0 Å². The van der Waals surface area contributed by atoms with Crippen LogP contribution in [-0.4, -0.2) is 16.1 Å². The lowest BCUT2D eigenvalue weighted by atomic mass is 10.1. The van der Waals surface area contributed by atoms with Crippen molar-refractivity contribution in [3.63, 3.8) is 0 Å². The molecule has 0 fully saturated rings. The summed E-state index contributed by atoms with van der Waals surface area (Å²) in [5.41, 5.74) is 0.604. The molecule has 1 amide bonds. The van der Waals surface area contributed by atoms with E-state index >= 15 is 0 Å². The van der Waals surface area contributed by atoms with Crippen LogP contribution in [0.4, 0.5) is 5.13 Å². The first-order chi connectivity index (χ1) is 9.63. The SMILES string of the molecule is CCC(CC)c1nnc(NC(=O)c2ccc(Br)cc2)s1. The maximum absolute atomic E-state index is 12.1. The number of nitrogens with one attached hydrogen (secondary N) is 1. The summed E-state index contributed by atoms with van der Waals surface area (Å²) in [5.74, 6) is 0.260. The van der Waals surface area contributed by atoms with Gasteiger partial charge in [-0.15, -0.1) is 10.2 Å². The summed E-state index contributed by atoms with van der Waals surface area (Å²) in [7, 11) is 0. The third-order valence-corrected chi connectivity index (χ3v) is 4.63. The van der Waals surface area contributed by atoms with E-state index in [1.54, 1.807) is 12.1 Å². The molecule has 2 rings (SSSR count). The van der Waals surface area contributed by atoms with Gasteiger partial charge in [0, 0.05) is 16.0 Å². The molecule has 1 aromatic heterocycles. The second-order valence-corrected chi connectivity index (χ2v) is 6.34. The highest BCUT2D eigenvalue weighted by atomic mass is 79.9. The normalized spacial score (nSPS) is 10.8. The Hall–Kier alpha value is -1.27. The Morgan fingerprint density at radius 2 is 1.90 bits per heavy atom. The fraction of sp³-hybridized carbons (Fsp3) is 0.357. The van der Waals surface area contributed by atoms with Crippen molar-refractivity contribution in [2.24, 2.45) is 0 Å². The minimum absolute atomic E-state index is 0.162. The monoisotopic (exact) mass is 353 g/mol. The molecular weight excluding hydrogens is 338 g/mol. The third-order valence-electron chi connectivity index (χ3n) is 3.10. The molecule has 0 bridgehead atoms. The number of amides is 1. The number of aromatic nitrogens is 2. The van der Waals surface area contributed by atoms with Crippen LogP contribution < -0.4 is 5.32 Å². The number of carbonyl (C=O) groups excluding carboxylic acids is 1. The predicted octanol–water partition coefficient (Wildman–Crippen LogP) is 4.46. The molecule has 0 aliphatic carbocycles. The molecule has 2 aromatic rings. The van der Waals surface area contributed by atoms with Gasteiger partial charge in [-0.2, -0.15) is 0 Å². The summed E-state index contributed by atoms with van der Waals surface area (Å²) in [5, 5.41) is 12.5. The van der Waals surface area contributed by atoms with Crippen LogP contribution in [-0.2, 0) is 0 Å². The average Bonchev–Trinajstić information content (AvgIpc) is 2.89. The summed E-state index contributed by atoms with van der Waals surface area (Å²) in [4.78, 5) is 12.1. The van der Waals surface area contributed by atoms with E-state index in [0.29, 0.717) is 16.6 Å². The summed E-state index contributed by atoms with van der Waals surface area (Å²) < 4.78 is 0.945. The molecule has 0 spiro atoms. The van der Waals surface area contributed by atoms with E-state index in [0.717, 1.165) is 22.3 Å². The summed E-state index contributed by atoms with van der Waals surface area (Å²) >= 11 is 4.80. The Labute approximate surface area is 130 Å². The number of benzene rings is 1. The van der Waals surface area contributed by atoms with Gasteiger partial charge in [-0.1, -0.05) is 41.1 Å². The molecule has 0 saturated carbocycles. The van der Waals surface area contributed by atoms with Crippen molar-refractivity contribution in [2.75, 3.05) is 5.32 Å². The molecule has 0 unspecified atom stereocenters. The van der Waals surface area contributed by atoms with Gasteiger partial charge in [0.1, 0.15) is 5.01 Å².